The number of halogens is 1. The van der Waals surface area contributed by atoms with Crippen LogP contribution < -0.4 is 21.9 Å². The maximum absolute atomic E-state index is 13.7. The van der Waals surface area contributed by atoms with Gasteiger partial charge in [-0.1, -0.05) is 12.1 Å². The summed E-state index contributed by atoms with van der Waals surface area (Å²) in [5, 5.41) is 0. The number of aryl methyl sites for hydroxylation is 1. The molecule has 3 heterocycles. The summed E-state index contributed by atoms with van der Waals surface area (Å²) in [4.78, 5) is 31.9. The molecule has 3 aromatic rings. The molecule has 4 rings (SSSR count). The van der Waals surface area contributed by atoms with Crippen molar-refractivity contribution in [3.8, 4) is 0 Å². The lowest BCUT2D eigenvalue weighted by molar-refractivity contribution is 0.495. The van der Waals surface area contributed by atoms with Gasteiger partial charge >= 0.3 is 5.69 Å². The van der Waals surface area contributed by atoms with Gasteiger partial charge in [0.25, 0.3) is 5.56 Å². The first-order chi connectivity index (χ1) is 13.4. The number of imidazole rings is 1. The summed E-state index contributed by atoms with van der Waals surface area (Å²) in [7, 11) is 3.04. The second kappa shape index (κ2) is 6.90. The van der Waals surface area contributed by atoms with Gasteiger partial charge in [-0.15, -0.1) is 0 Å². The smallest absolute Gasteiger partial charge is 0.332 e. The molecule has 1 saturated heterocycles. The van der Waals surface area contributed by atoms with E-state index in [-0.39, 0.29) is 18.4 Å². The van der Waals surface area contributed by atoms with E-state index in [1.807, 2.05) is 4.90 Å². The fraction of sp³-hybridized carbons (Fsp3) is 0.421. The molecule has 2 aromatic heterocycles. The molecule has 1 fully saturated rings. The molecule has 148 valence electrons. The Kier molecular flexibility index (Phi) is 4.54. The van der Waals surface area contributed by atoms with Gasteiger partial charge in [0.15, 0.2) is 11.2 Å². The summed E-state index contributed by atoms with van der Waals surface area (Å²) in [5.74, 6) is 0.233. The minimum absolute atomic E-state index is 0.0165. The Bertz CT molecular complexity index is 1160. The van der Waals surface area contributed by atoms with E-state index in [0.717, 1.165) is 24.0 Å². The highest BCUT2D eigenvalue weighted by molar-refractivity contribution is 5.74. The molecule has 1 aliphatic heterocycles. The summed E-state index contributed by atoms with van der Waals surface area (Å²) in [5.41, 5.74) is 6.63. The van der Waals surface area contributed by atoms with Crippen molar-refractivity contribution in [1.82, 2.24) is 18.7 Å². The summed E-state index contributed by atoms with van der Waals surface area (Å²) in [6.07, 6.45) is 1.85. The monoisotopic (exact) mass is 386 g/mol. The highest BCUT2D eigenvalue weighted by Crippen LogP contribution is 2.24. The van der Waals surface area contributed by atoms with Gasteiger partial charge in [-0.2, -0.15) is 4.98 Å². The molecule has 9 heteroatoms. The van der Waals surface area contributed by atoms with Gasteiger partial charge in [0, 0.05) is 33.2 Å². The van der Waals surface area contributed by atoms with Crippen molar-refractivity contribution >= 4 is 17.1 Å². The second-order valence-electron chi connectivity index (χ2n) is 7.35. The van der Waals surface area contributed by atoms with Gasteiger partial charge in [0.2, 0.25) is 5.95 Å². The predicted molar refractivity (Wildman–Crippen MR) is 105 cm³/mol. The van der Waals surface area contributed by atoms with Crippen LogP contribution in [0.2, 0.25) is 0 Å². The van der Waals surface area contributed by atoms with Crippen molar-refractivity contribution in [3.05, 3.63) is 56.5 Å². The number of fused-ring (bicyclic) bond motifs is 1. The van der Waals surface area contributed by atoms with Gasteiger partial charge < -0.3 is 10.6 Å². The molecule has 2 N–H and O–H groups in total. The van der Waals surface area contributed by atoms with Crippen LogP contribution in [0.25, 0.3) is 11.2 Å². The number of hydrogen-bond acceptors (Lipinski definition) is 5. The topological polar surface area (TPSA) is 91.1 Å². The fourth-order valence-electron chi connectivity index (χ4n) is 3.84. The van der Waals surface area contributed by atoms with Crippen LogP contribution in [0.3, 0.4) is 0 Å². The lowest BCUT2D eigenvalue weighted by Gasteiger charge is -2.31. The Morgan fingerprint density at radius 2 is 2.04 bits per heavy atom. The highest BCUT2D eigenvalue weighted by Gasteiger charge is 2.26. The van der Waals surface area contributed by atoms with Gasteiger partial charge in [-0.3, -0.25) is 18.5 Å². The molecule has 8 nitrogen and oxygen atoms in total. The number of rotatable bonds is 3. The predicted octanol–water partition coefficient (Wildman–Crippen LogP) is 0.549. The summed E-state index contributed by atoms with van der Waals surface area (Å²) in [6, 6.07) is 6.26. The van der Waals surface area contributed by atoms with Crippen LogP contribution in [-0.2, 0) is 20.6 Å². The lowest BCUT2D eigenvalue weighted by Crippen LogP contribution is -2.44. The van der Waals surface area contributed by atoms with Crippen molar-refractivity contribution in [3.63, 3.8) is 0 Å². The van der Waals surface area contributed by atoms with Crippen LogP contribution in [0, 0.1) is 5.82 Å². The lowest BCUT2D eigenvalue weighted by atomic mass is 10.1. The second-order valence-corrected chi connectivity index (χ2v) is 7.35. The zero-order valence-corrected chi connectivity index (χ0v) is 15.9. The maximum atomic E-state index is 13.7. The first kappa shape index (κ1) is 18.4. The Morgan fingerprint density at radius 3 is 2.75 bits per heavy atom. The molecule has 28 heavy (non-hydrogen) atoms. The summed E-state index contributed by atoms with van der Waals surface area (Å²) >= 11 is 0. The van der Waals surface area contributed by atoms with E-state index in [9.17, 15) is 14.0 Å². The largest absolute Gasteiger partial charge is 0.341 e. The number of piperidine rings is 1. The highest BCUT2D eigenvalue weighted by atomic mass is 19.1. The molecule has 0 bridgehead atoms. The summed E-state index contributed by atoms with van der Waals surface area (Å²) in [6.45, 7) is 1.64. The van der Waals surface area contributed by atoms with Gasteiger partial charge in [-0.25, -0.2) is 9.18 Å². The van der Waals surface area contributed by atoms with Crippen LogP contribution in [-0.4, -0.2) is 37.8 Å². The van der Waals surface area contributed by atoms with E-state index >= 15 is 0 Å². The van der Waals surface area contributed by atoms with Crippen LogP contribution in [0.15, 0.2) is 33.9 Å². The van der Waals surface area contributed by atoms with E-state index in [4.69, 9.17) is 5.73 Å². The average Bonchev–Trinajstić information content (AvgIpc) is 3.04. The van der Waals surface area contributed by atoms with E-state index in [1.165, 1.54) is 23.7 Å². The minimum Gasteiger partial charge on any atom is -0.341 e. The minimum atomic E-state index is -0.435. The third-order valence-corrected chi connectivity index (χ3v) is 5.30. The molecule has 0 radical (unpaired) electrons. The molecule has 1 unspecified atom stereocenters. The van der Waals surface area contributed by atoms with Gasteiger partial charge in [0.1, 0.15) is 5.82 Å². The molecule has 0 aliphatic carbocycles. The number of nitrogens with zero attached hydrogens (tertiary/aromatic N) is 5. The molecule has 0 saturated carbocycles. The zero-order valence-electron chi connectivity index (χ0n) is 15.9. The number of benzene rings is 1. The zero-order chi connectivity index (χ0) is 20.0. The molecular formula is C19H23FN6O2. The number of anilines is 1. The average molecular weight is 386 g/mol. The Hall–Kier alpha value is -2.94. The van der Waals surface area contributed by atoms with Crippen molar-refractivity contribution in [2.75, 3.05) is 18.0 Å². The number of aromatic nitrogens is 4. The van der Waals surface area contributed by atoms with E-state index < -0.39 is 11.2 Å². The van der Waals surface area contributed by atoms with Crippen LogP contribution >= 0.6 is 0 Å². The SMILES string of the molecule is Cn1c(=O)c2c(nc(N3CCCC(N)C3)n2Cc2cccc(F)c2)n(C)c1=O. The first-order valence-electron chi connectivity index (χ1n) is 9.28. The third kappa shape index (κ3) is 3.01. The Morgan fingerprint density at radius 1 is 1.25 bits per heavy atom. The van der Waals surface area contributed by atoms with Crippen LogP contribution in [0.5, 0.6) is 0 Å². The maximum Gasteiger partial charge on any atom is 0.332 e. The first-order valence-corrected chi connectivity index (χ1v) is 9.28. The molecular weight excluding hydrogens is 363 g/mol. The van der Waals surface area contributed by atoms with Crippen LogP contribution in [0.1, 0.15) is 18.4 Å². The number of nitrogens with two attached hydrogens (primary N) is 1. The quantitative estimate of drug-likeness (QED) is 0.710. The molecule has 0 spiro atoms. The molecule has 0 amide bonds. The Balaban J connectivity index is 1.96. The van der Waals surface area contributed by atoms with Crippen molar-refractivity contribution in [2.24, 2.45) is 19.8 Å². The molecule has 1 aromatic carbocycles. The van der Waals surface area contributed by atoms with Crippen molar-refractivity contribution in [1.29, 1.82) is 0 Å². The Labute approximate surface area is 160 Å². The third-order valence-electron chi connectivity index (χ3n) is 5.30. The van der Waals surface area contributed by atoms with E-state index in [1.54, 1.807) is 23.7 Å². The van der Waals surface area contributed by atoms with E-state index in [2.05, 4.69) is 4.98 Å². The molecule has 1 atom stereocenters. The summed E-state index contributed by atoms with van der Waals surface area (Å²) < 4.78 is 17.9. The van der Waals surface area contributed by atoms with Gasteiger partial charge in [-0.05, 0) is 30.5 Å². The standard InChI is InChI=1S/C19H23FN6O2/c1-23-16-15(17(27)24(2)19(23)28)26(10-12-5-3-6-13(20)9-12)18(22-16)25-8-4-7-14(21)11-25/h3,5-6,9,14H,4,7-8,10-11,21H2,1-2H3. The van der Waals surface area contributed by atoms with Crippen LogP contribution in [0.4, 0.5) is 10.3 Å². The van der Waals surface area contributed by atoms with Gasteiger partial charge in [0.05, 0.1) is 6.54 Å². The van der Waals surface area contributed by atoms with Crippen molar-refractivity contribution < 1.29 is 4.39 Å². The number of hydrogen-bond donors (Lipinski definition) is 1. The fourth-order valence-corrected chi connectivity index (χ4v) is 3.84. The normalized spacial score (nSPS) is 17.4. The van der Waals surface area contributed by atoms with E-state index in [0.29, 0.717) is 29.2 Å². The molecule has 1 aliphatic rings. The van der Waals surface area contributed by atoms with Crippen molar-refractivity contribution in [2.45, 2.75) is 25.4 Å².